The Balaban J connectivity index is 2.57. The molecule has 2 amide bonds. The maximum Gasteiger partial charge on any atom is 0.319 e. The van der Waals surface area contributed by atoms with Crippen molar-refractivity contribution in [3.63, 3.8) is 0 Å². The molecule has 0 aliphatic heterocycles. The topological polar surface area (TPSA) is 110 Å². The van der Waals surface area contributed by atoms with E-state index in [0.29, 0.717) is 12.2 Å². The average Bonchev–Trinajstić information content (AvgIpc) is 2.29. The second-order valence-corrected chi connectivity index (χ2v) is 3.54. The average molecular weight is 238 g/mol. The number of benzene rings is 1. The summed E-state index contributed by atoms with van der Waals surface area (Å²) in [6, 6.07) is 5.05. The molecule has 1 aromatic carbocycles. The molecule has 0 bridgehead atoms. The van der Waals surface area contributed by atoms with Crippen LogP contribution in [0.2, 0.25) is 0 Å². The number of hydrogen-bond acceptors (Lipinski definition) is 4. The van der Waals surface area contributed by atoms with Crippen LogP contribution in [0.5, 0.6) is 0 Å². The fourth-order valence-electron chi connectivity index (χ4n) is 1.12. The molecule has 1 unspecified atom stereocenters. The van der Waals surface area contributed by atoms with Gasteiger partial charge >= 0.3 is 6.03 Å². The highest BCUT2D eigenvalue weighted by atomic mass is 16.6. The zero-order chi connectivity index (χ0) is 12.8. The molecule has 17 heavy (non-hydrogen) atoms. The van der Waals surface area contributed by atoms with E-state index >= 15 is 0 Å². The van der Waals surface area contributed by atoms with Crippen molar-refractivity contribution in [2.45, 2.75) is 13.0 Å². The molecule has 7 nitrogen and oxygen atoms in total. The van der Waals surface area contributed by atoms with Gasteiger partial charge in [0.25, 0.3) is 5.69 Å². The van der Waals surface area contributed by atoms with Gasteiger partial charge in [0, 0.05) is 30.4 Å². The van der Waals surface area contributed by atoms with Gasteiger partial charge < -0.3 is 16.4 Å². The maximum absolute atomic E-state index is 11.4. The lowest BCUT2D eigenvalue weighted by atomic mass is 10.3. The van der Waals surface area contributed by atoms with E-state index in [1.807, 2.05) is 0 Å². The first-order valence-electron chi connectivity index (χ1n) is 5.05. The normalized spacial score (nSPS) is 11.6. The molecule has 1 aromatic rings. The Bertz CT molecular complexity index is 405. The van der Waals surface area contributed by atoms with Crippen molar-refractivity contribution in [1.82, 2.24) is 5.32 Å². The smallest absolute Gasteiger partial charge is 0.319 e. The fourth-order valence-corrected chi connectivity index (χ4v) is 1.12. The molecule has 0 aliphatic carbocycles. The highest BCUT2D eigenvalue weighted by Crippen LogP contribution is 2.15. The molecular formula is C10H14N4O3. The molecule has 0 spiro atoms. The van der Waals surface area contributed by atoms with Crippen LogP contribution in [0.1, 0.15) is 6.92 Å². The third kappa shape index (κ3) is 4.07. The van der Waals surface area contributed by atoms with Crippen LogP contribution in [0.25, 0.3) is 0 Å². The zero-order valence-corrected chi connectivity index (χ0v) is 9.34. The number of carbonyl (C=O) groups excluding carboxylic acids is 1. The molecule has 0 aliphatic rings. The summed E-state index contributed by atoms with van der Waals surface area (Å²) in [5.41, 5.74) is 5.81. The molecule has 0 aromatic heterocycles. The van der Waals surface area contributed by atoms with Gasteiger partial charge in [-0.1, -0.05) is 0 Å². The van der Waals surface area contributed by atoms with Crippen molar-refractivity contribution in [3.05, 3.63) is 34.4 Å². The van der Waals surface area contributed by atoms with Crippen LogP contribution < -0.4 is 16.4 Å². The molecule has 0 saturated heterocycles. The van der Waals surface area contributed by atoms with E-state index in [0.717, 1.165) is 0 Å². The van der Waals surface area contributed by atoms with Gasteiger partial charge in [-0.15, -0.1) is 0 Å². The van der Waals surface area contributed by atoms with Crippen molar-refractivity contribution >= 4 is 17.4 Å². The second kappa shape index (κ2) is 5.80. The highest BCUT2D eigenvalue weighted by molar-refractivity contribution is 5.89. The minimum Gasteiger partial charge on any atom is -0.334 e. The van der Waals surface area contributed by atoms with Gasteiger partial charge in [0.15, 0.2) is 0 Å². The lowest BCUT2D eigenvalue weighted by molar-refractivity contribution is -0.384. The molecule has 1 atom stereocenters. The number of nitrogens with zero attached hydrogens (tertiary/aromatic N) is 1. The molecule has 92 valence electrons. The number of hydrogen-bond donors (Lipinski definition) is 3. The van der Waals surface area contributed by atoms with Crippen molar-refractivity contribution in [2.75, 3.05) is 11.9 Å². The number of nitro groups is 1. The molecule has 4 N–H and O–H groups in total. The molecule has 0 radical (unpaired) electrons. The predicted molar refractivity (Wildman–Crippen MR) is 63.8 cm³/mol. The molecule has 0 saturated carbocycles. The van der Waals surface area contributed by atoms with Crippen LogP contribution in [0.3, 0.4) is 0 Å². The van der Waals surface area contributed by atoms with Gasteiger partial charge in [-0.2, -0.15) is 0 Å². The Morgan fingerprint density at radius 3 is 2.53 bits per heavy atom. The first kappa shape index (κ1) is 12.9. The van der Waals surface area contributed by atoms with E-state index in [1.54, 1.807) is 6.92 Å². The van der Waals surface area contributed by atoms with E-state index in [2.05, 4.69) is 10.6 Å². The summed E-state index contributed by atoms with van der Waals surface area (Å²) in [6.45, 7) is 2.11. The largest absolute Gasteiger partial charge is 0.334 e. The summed E-state index contributed by atoms with van der Waals surface area (Å²) in [5.74, 6) is 0. The molecule has 0 fully saturated rings. The lowest BCUT2D eigenvalue weighted by Gasteiger charge is -2.12. The fraction of sp³-hybridized carbons (Fsp3) is 0.300. The highest BCUT2D eigenvalue weighted by Gasteiger charge is 2.07. The van der Waals surface area contributed by atoms with Crippen LogP contribution >= 0.6 is 0 Å². The number of nitro benzene ring substituents is 1. The van der Waals surface area contributed by atoms with Crippen molar-refractivity contribution < 1.29 is 9.72 Å². The van der Waals surface area contributed by atoms with Gasteiger partial charge in [0.1, 0.15) is 0 Å². The number of anilines is 1. The second-order valence-electron chi connectivity index (χ2n) is 3.54. The lowest BCUT2D eigenvalue weighted by Crippen LogP contribution is -2.40. The van der Waals surface area contributed by atoms with Gasteiger partial charge in [-0.25, -0.2) is 4.79 Å². The van der Waals surface area contributed by atoms with E-state index in [9.17, 15) is 14.9 Å². The Labute approximate surface area is 98.1 Å². The van der Waals surface area contributed by atoms with Crippen molar-refractivity contribution in [1.29, 1.82) is 0 Å². The number of rotatable bonds is 4. The molecule has 1 rings (SSSR count). The summed E-state index contributed by atoms with van der Waals surface area (Å²) in [7, 11) is 0. The molecule has 0 heterocycles. The van der Waals surface area contributed by atoms with Gasteiger partial charge in [-0.3, -0.25) is 10.1 Å². The minimum atomic E-state index is -0.500. The number of carbonyl (C=O) groups is 1. The summed E-state index contributed by atoms with van der Waals surface area (Å²) < 4.78 is 0. The zero-order valence-electron chi connectivity index (χ0n) is 9.34. The first-order valence-corrected chi connectivity index (χ1v) is 5.05. The van der Waals surface area contributed by atoms with Gasteiger partial charge in [0.05, 0.1) is 4.92 Å². The Morgan fingerprint density at radius 2 is 2.06 bits per heavy atom. The number of nitrogens with one attached hydrogen (secondary N) is 2. The standard InChI is InChI=1S/C10H14N4O3/c1-7(6-11)12-10(15)13-8-2-4-9(5-3-8)14(16)17/h2-5,7H,6,11H2,1H3,(H2,12,13,15). The van der Waals surface area contributed by atoms with Crippen molar-refractivity contribution in [3.8, 4) is 0 Å². The Hall–Kier alpha value is -2.15. The summed E-state index contributed by atoms with van der Waals surface area (Å²) >= 11 is 0. The van der Waals surface area contributed by atoms with E-state index in [1.165, 1.54) is 24.3 Å². The van der Waals surface area contributed by atoms with Gasteiger partial charge in [0.2, 0.25) is 0 Å². The number of nitrogens with two attached hydrogens (primary N) is 1. The molecule has 7 heteroatoms. The summed E-state index contributed by atoms with van der Waals surface area (Å²) in [4.78, 5) is 21.3. The van der Waals surface area contributed by atoms with Crippen LogP contribution in [-0.2, 0) is 0 Å². The first-order chi connectivity index (χ1) is 8.02. The monoisotopic (exact) mass is 238 g/mol. The third-order valence-electron chi connectivity index (χ3n) is 2.07. The van der Waals surface area contributed by atoms with E-state index < -0.39 is 11.0 Å². The summed E-state index contributed by atoms with van der Waals surface area (Å²) in [6.07, 6.45) is 0. The van der Waals surface area contributed by atoms with Crippen LogP contribution in [0, 0.1) is 10.1 Å². The van der Waals surface area contributed by atoms with Crippen molar-refractivity contribution in [2.24, 2.45) is 5.73 Å². The van der Waals surface area contributed by atoms with Crippen LogP contribution in [-0.4, -0.2) is 23.5 Å². The Morgan fingerprint density at radius 1 is 1.47 bits per heavy atom. The maximum atomic E-state index is 11.4. The number of urea groups is 1. The number of amides is 2. The minimum absolute atomic E-state index is 0.0220. The molecular weight excluding hydrogens is 224 g/mol. The van der Waals surface area contributed by atoms with Crippen LogP contribution in [0.15, 0.2) is 24.3 Å². The third-order valence-corrected chi connectivity index (χ3v) is 2.07. The quantitative estimate of drug-likeness (QED) is 0.538. The number of non-ortho nitro benzene ring substituents is 1. The summed E-state index contributed by atoms with van der Waals surface area (Å²) in [5, 5.41) is 15.6. The van der Waals surface area contributed by atoms with Crippen LogP contribution in [0.4, 0.5) is 16.2 Å². The van der Waals surface area contributed by atoms with E-state index in [-0.39, 0.29) is 11.7 Å². The van der Waals surface area contributed by atoms with Gasteiger partial charge in [-0.05, 0) is 19.1 Å². The predicted octanol–water partition coefficient (Wildman–Crippen LogP) is 1.06. The SMILES string of the molecule is CC(CN)NC(=O)Nc1ccc([N+](=O)[O-])cc1. The Kier molecular flexibility index (Phi) is 4.41. The van der Waals surface area contributed by atoms with E-state index in [4.69, 9.17) is 5.73 Å².